The summed E-state index contributed by atoms with van der Waals surface area (Å²) in [5.74, 6) is 2.07. The Bertz CT molecular complexity index is 1130. The third-order valence-electron chi connectivity index (χ3n) is 8.06. The zero-order chi connectivity index (χ0) is 26.2. The molecule has 2 saturated carbocycles. The summed E-state index contributed by atoms with van der Waals surface area (Å²) in [4.78, 5) is 15.6. The normalized spacial score (nSPS) is 27.9. The Morgan fingerprint density at radius 3 is 2.70 bits per heavy atom. The number of aromatic nitrogens is 2. The fourth-order valence-electron chi connectivity index (χ4n) is 6.24. The number of nitrogens with one attached hydrogen (secondary N) is 1. The molecule has 11 heteroatoms. The Hall–Kier alpha value is -1.85. The number of hydrogen-bond acceptors (Lipinski definition) is 7. The number of carbonyl (C=O) groups excluding carboxylic acids is 1. The molecule has 3 fully saturated rings. The molecule has 1 aromatic heterocycles. The number of morpholine rings is 1. The van der Waals surface area contributed by atoms with Gasteiger partial charge in [-0.2, -0.15) is 16.9 Å². The van der Waals surface area contributed by atoms with E-state index < -0.39 is 11.4 Å². The lowest BCUT2D eigenvalue weighted by Crippen LogP contribution is -2.38. The highest BCUT2D eigenvalue weighted by Crippen LogP contribution is 2.54. The van der Waals surface area contributed by atoms with E-state index in [-0.39, 0.29) is 16.8 Å². The fraction of sp³-hybridized carbons (Fsp3) is 0.615. The number of rotatable bonds is 8. The largest absolute Gasteiger partial charge is 0.389 e. The Balaban J connectivity index is 1.18. The Morgan fingerprint density at radius 1 is 1.32 bits per heavy atom. The number of hydrogen-bond donors (Lipinski definition) is 3. The van der Waals surface area contributed by atoms with Crippen LogP contribution in [0.1, 0.15) is 47.7 Å². The topological polar surface area (TPSA) is 106 Å². The highest BCUT2D eigenvalue weighted by Gasteiger charge is 2.49. The predicted molar refractivity (Wildman–Crippen MR) is 145 cm³/mol. The van der Waals surface area contributed by atoms with Gasteiger partial charge >= 0.3 is 0 Å². The number of nitrogens with zero attached hydrogens (tertiary/aromatic N) is 3. The number of benzene rings is 1. The molecule has 1 aromatic carbocycles. The number of halogens is 2. The van der Waals surface area contributed by atoms with Crippen LogP contribution < -0.4 is 11.1 Å². The highest BCUT2D eigenvalue weighted by atomic mass is 35.5. The van der Waals surface area contributed by atoms with Gasteiger partial charge < -0.3 is 20.9 Å². The first kappa shape index (κ1) is 26.7. The number of carbonyl (C=O) groups is 1. The van der Waals surface area contributed by atoms with E-state index in [0.29, 0.717) is 34.6 Å². The third-order valence-corrected chi connectivity index (χ3v) is 9.56. The van der Waals surface area contributed by atoms with Crippen molar-refractivity contribution in [2.45, 2.75) is 37.2 Å². The van der Waals surface area contributed by atoms with Crippen LogP contribution in [0, 0.1) is 17.7 Å². The van der Waals surface area contributed by atoms with Gasteiger partial charge in [-0.25, -0.2) is 4.39 Å². The maximum atomic E-state index is 13.5. The molecule has 2 aromatic rings. The van der Waals surface area contributed by atoms with Gasteiger partial charge in [-0.15, -0.1) is 0 Å². The molecule has 2 aliphatic carbocycles. The number of nitrogen functional groups attached to an aromatic ring is 1. The predicted octanol–water partition coefficient (Wildman–Crippen LogP) is 3.75. The molecule has 3 aliphatic rings. The first-order chi connectivity index (χ1) is 17.7. The molecule has 0 bridgehead atoms. The smallest absolute Gasteiger partial charge is 0.261 e. The standard InChI is InChI=1S/C26H35ClFN5O3S/c1-32-24(29)22(25(34)30-19-2-3-21(28)20(27)12-19)23(31-32)16-10-17-13-26(35,14-18(17)11-16)15-37-9-6-33-4-7-36-8-5-33/h2-3,12,16-18,35H,4-11,13-15,29H2,1H3,(H,30,34). The van der Waals surface area contributed by atoms with Crippen LogP contribution in [0.5, 0.6) is 0 Å². The first-order valence-electron chi connectivity index (χ1n) is 12.9. The van der Waals surface area contributed by atoms with Crippen molar-refractivity contribution in [3.8, 4) is 0 Å². The lowest BCUT2D eigenvalue weighted by atomic mass is 9.92. The number of ether oxygens (including phenoxy) is 1. The van der Waals surface area contributed by atoms with Gasteiger partial charge in [-0.05, 0) is 55.7 Å². The third kappa shape index (κ3) is 5.93. The molecule has 1 aliphatic heterocycles. The van der Waals surface area contributed by atoms with E-state index >= 15 is 0 Å². The average molecular weight is 552 g/mol. The van der Waals surface area contributed by atoms with E-state index in [0.717, 1.165) is 70.0 Å². The van der Waals surface area contributed by atoms with Gasteiger partial charge in [0.1, 0.15) is 17.2 Å². The molecule has 0 radical (unpaired) electrons. The summed E-state index contributed by atoms with van der Waals surface area (Å²) in [6, 6.07) is 4.05. The summed E-state index contributed by atoms with van der Waals surface area (Å²) in [6.07, 6.45) is 3.34. The van der Waals surface area contributed by atoms with E-state index in [1.807, 2.05) is 11.8 Å². The van der Waals surface area contributed by atoms with Gasteiger partial charge in [0.25, 0.3) is 5.91 Å². The van der Waals surface area contributed by atoms with Crippen molar-refractivity contribution < 1.29 is 19.0 Å². The molecular weight excluding hydrogens is 517 g/mol. The number of nitrogens with two attached hydrogens (primary N) is 1. The van der Waals surface area contributed by atoms with Crippen LogP contribution in [-0.4, -0.2) is 75.6 Å². The lowest BCUT2D eigenvalue weighted by Gasteiger charge is -2.28. The zero-order valence-electron chi connectivity index (χ0n) is 21.1. The van der Waals surface area contributed by atoms with Crippen LogP contribution in [0.4, 0.5) is 15.9 Å². The van der Waals surface area contributed by atoms with Gasteiger partial charge in [0.15, 0.2) is 0 Å². The number of aryl methyl sites for hydroxylation is 1. The van der Waals surface area contributed by atoms with E-state index in [9.17, 15) is 14.3 Å². The van der Waals surface area contributed by atoms with Crippen molar-refractivity contribution in [3.05, 3.63) is 40.3 Å². The summed E-state index contributed by atoms with van der Waals surface area (Å²) in [5, 5.41) is 18.6. The molecule has 4 N–H and O–H groups in total. The molecular formula is C26H35ClFN5O3S. The second kappa shape index (κ2) is 11.1. The van der Waals surface area contributed by atoms with E-state index in [1.165, 1.54) is 22.9 Å². The van der Waals surface area contributed by atoms with Crippen molar-refractivity contribution in [3.63, 3.8) is 0 Å². The molecule has 0 spiro atoms. The van der Waals surface area contributed by atoms with Crippen molar-refractivity contribution in [1.29, 1.82) is 0 Å². The molecule has 8 nitrogen and oxygen atoms in total. The summed E-state index contributed by atoms with van der Waals surface area (Å²) >= 11 is 7.71. The van der Waals surface area contributed by atoms with Crippen LogP contribution in [0.15, 0.2) is 18.2 Å². The summed E-state index contributed by atoms with van der Waals surface area (Å²) in [7, 11) is 1.73. The number of aliphatic hydroxyl groups is 1. The van der Waals surface area contributed by atoms with Crippen molar-refractivity contribution in [2.24, 2.45) is 18.9 Å². The highest BCUT2D eigenvalue weighted by molar-refractivity contribution is 7.99. The van der Waals surface area contributed by atoms with Gasteiger partial charge in [0.05, 0.1) is 29.5 Å². The lowest BCUT2D eigenvalue weighted by molar-refractivity contribution is 0.0408. The van der Waals surface area contributed by atoms with E-state index in [1.54, 1.807) is 7.05 Å². The first-order valence-corrected chi connectivity index (χ1v) is 14.4. The monoisotopic (exact) mass is 551 g/mol. The van der Waals surface area contributed by atoms with Crippen LogP contribution in [0.3, 0.4) is 0 Å². The number of thioether (sulfide) groups is 1. The number of amides is 1. The number of anilines is 2. The maximum Gasteiger partial charge on any atom is 0.261 e. The molecule has 2 unspecified atom stereocenters. The summed E-state index contributed by atoms with van der Waals surface area (Å²) in [5.41, 5.74) is 7.09. The molecule has 37 heavy (non-hydrogen) atoms. The SMILES string of the molecule is Cn1nc(C2CC3CC(O)(CSCCN4CCOCC4)CC3C2)c(C(=O)Nc2ccc(F)c(Cl)c2)c1N. The van der Waals surface area contributed by atoms with Gasteiger partial charge in [0, 0.05) is 49.8 Å². The average Bonchev–Trinajstić information content (AvgIpc) is 3.49. The molecule has 5 rings (SSSR count). The van der Waals surface area contributed by atoms with Gasteiger partial charge in [0.2, 0.25) is 0 Å². The van der Waals surface area contributed by atoms with Crippen LogP contribution in [0.25, 0.3) is 0 Å². The van der Waals surface area contributed by atoms with Crippen LogP contribution >= 0.6 is 23.4 Å². The molecule has 1 amide bonds. The minimum absolute atomic E-state index is 0.0625. The Labute approximate surface area is 226 Å². The van der Waals surface area contributed by atoms with Crippen LogP contribution in [0.2, 0.25) is 5.02 Å². The molecule has 1 saturated heterocycles. The van der Waals surface area contributed by atoms with E-state index in [4.69, 9.17) is 22.1 Å². The fourth-order valence-corrected chi connectivity index (χ4v) is 7.57. The second-order valence-electron chi connectivity index (χ2n) is 10.7. The zero-order valence-corrected chi connectivity index (χ0v) is 22.7. The Kier molecular flexibility index (Phi) is 8.02. The second-order valence-corrected chi connectivity index (χ2v) is 12.2. The molecule has 202 valence electrons. The minimum Gasteiger partial charge on any atom is -0.389 e. The summed E-state index contributed by atoms with van der Waals surface area (Å²) < 4.78 is 20.5. The maximum absolute atomic E-state index is 13.5. The molecule has 2 heterocycles. The number of fused-ring (bicyclic) bond motifs is 1. The van der Waals surface area contributed by atoms with Crippen molar-refractivity contribution in [2.75, 3.05) is 55.4 Å². The van der Waals surface area contributed by atoms with Gasteiger partial charge in [-0.1, -0.05) is 11.6 Å². The van der Waals surface area contributed by atoms with Gasteiger partial charge in [-0.3, -0.25) is 14.4 Å². The van der Waals surface area contributed by atoms with Crippen molar-refractivity contribution >= 4 is 40.8 Å². The Morgan fingerprint density at radius 2 is 2.03 bits per heavy atom. The minimum atomic E-state index is -0.624. The quantitative estimate of drug-likeness (QED) is 0.429. The summed E-state index contributed by atoms with van der Waals surface area (Å²) in [6.45, 7) is 4.64. The van der Waals surface area contributed by atoms with Crippen molar-refractivity contribution in [1.82, 2.24) is 14.7 Å². The molecule has 2 atom stereocenters. The van der Waals surface area contributed by atoms with Crippen LogP contribution in [-0.2, 0) is 11.8 Å². The van der Waals surface area contributed by atoms with E-state index in [2.05, 4.69) is 15.3 Å².